The van der Waals surface area contributed by atoms with Gasteiger partial charge in [-0.3, -0.25) is 0 Å². The molecule has 5 heteroatoms. The van der Waals surface area contributed by atoms with E-state index in [4.69, 9.17) is 9.84 Å². The van der Waals surface area contributed by atoms with Crippen LogP contribution in [0.4, 0.5) is 0 Å². The van der Waals surface area contributed by atoms with Crippen molar-refractivity contribution in [3.63, 3.8) is 0 Å². The van der Waals surface area contributed by atoms with Gasteiger partial charge in [-0.15, -0.1) is 11.3 Å². The molecule has 21 heavy (non-hydrogen) atoms. The van der Waals surface area contributed by atoms with Crippen LogP contribution in [0.2, 0.25) is 0 Å². The van der Waals surface area contributed by atoms with Crippen molar-refractivity contribution in [2.24, 2.45) is 5.41 Å². The summed E-state index contributed by atoms with van der Waals surface area (Å²) in [4.78, 5) is 15.5. The molecule has 0 spiro atoms. The van der Waals surface area contributed by atoms with Gasteiger partial charge in [-0.1, -0.05) is 32.9 Å². The van der Waals surface area contributed by atoms with Crippen molar-refractivity contribution in [2.75, 3.05) is 7.11 Å². The summed E-state index contributed by atoms with van der Waals surface area (Å²) in [6, 6.07) is 6.74. The number of aromatic nitrogens is 1. The number of hydrogen-bond donors (Lipinski definition) is 1. The number of carboxylic acid groups (broad SMARTS) is 1. The number of hydrogen-bond acceptors (Lipinski definition) is 4. The summed E-state index contributed by atoms with van der Waals surface area (Å²) in [6.07, 6.45) is -0.0606. The molecule has 1 unspecified atom stereocenters. The van der Waals surface area contributed by atoms with E-state index in [-0.39, 0.29) is 17.1 Å². The number of carbonyl (C=O) groups is 1. The highest BCUT2D eigenvalue weighted by molar-refractivity contribution is 7.10. The van der Waals surface area contributed by atoms with Crippen LogP contribution >= 0.6 is 11.3 Å². The van der Waals surface area contributed by atoms with Crippen molar-refractivity contribution in [1.82, 2.24) is 4.98 Å². The fourth-order valence-corrected chi connectivity index (χ4v) is 3.29. The van der Waals surface area contributed by atoms with Crippen molar-refractivity contribution < 1.29 is 14.6 Å². The Balaban J connectivity index is 2.29. The number of ether oxygens (including phenoxy) is 1. The molecule has 2 rings (SSSR count). The maximum Gasteiger partial charge on any atom is 0.335 e. The van der Waals surface area contributed by atoms with Gasteiger partial charge in [0.25, 0.3) is 0 Å². The Kier molecular flexibility index (Phi) is 4.44. The standard InChI is InChI=1S/C16H19NO3S/c1-16(2,3)13(20-4)14-17-12(9-21-14)10-5-7-11(8-6-10)15(18)19/h5-9,13H,1-4H3,(H,18,19). The van der Waals surface area contributed by atoms with Gasteiger partial charge >= 0.3 is 5.97 Å². The Morgan fingerprint density at radius 2 is 1.90 bits per heavy atom. The molecule has 0 fully saturated rings. The molecule has 0 saturated carbocycles. The van der Waals surface area contributed by atoms with Gasteiger partial charge in [-0.25, -0.2) is 9.78 Å². The predicted octanol–water partition coefficient (Wildman–Crippen LogP) is 4.24. The molecule has 1 aromatic heterocycles. The fourth-order valence-electron chi connectivity index (χ4n) is 2.15. The number of methoxy groups -OCH3 is 1. The first-order valence-electron chi connectivity index (χ1n) is 6.65. The van der Waals surface area contributed by atoms with Crippen LogP contribution < -0.4 is 0 Å². The molecule has 0 aliphatic rings. The first-order valence-corrected chi connectivity index (χ1v) is 7.53. The van der Waals surface area contributed by atoms with Gasteiger partial charge < -0.3 is 9.84 Å². The van der Waals surface area contributed by atoms with Crippen LogP contribution in [0.15, 0.2) is 29.6 Å². The van der Waals surface area contributed by atoms with E-state index in [0.29, 0.717) is 0 Å². The summed E-state index contributed by atoms with van der Waals surface area (Å²) in [7, 11) is 1.69. The highest BCUT2D eigenvalue weighted by atomic mass is 32.1. The smallest absolute Gasteiger partial charge is 0.335 e. The molecule has 0 radical (unpaired) electrons. The molecule has 1 N–H and O–H groups in total. The maximum absolute atomic E-state index is 10.9. The zero-order valence-electron chi connectivity index (χ0n) is 12.6. The molecule has 112 valence electrons. The number of carboxylic acids is 1. The van der Waals surface area contributed by atoms with E-state index in [1.165, 1.54) is 0 Å². The second kappa shape index (κ2) is 5.95. The van der Waals surface area contributed by atoms with Crippen molar-refractivity contribution in [1.29, 1.82) is 0 Å². The zero-order valence-corrected chi connectivity index (χ0v) is 13.4. The lowest BCUT2D eigenvalue weighted by Crippen LogP contribution is -2.19. The molecule has 2 aromatic rings. The van der Waals surface area contributed by atoms with Crippen LogP contribution in [0.1, 0.15) is 42.2 Å². The molecule has 0 saturated heterocycles. The second-order valence-corrected chi connectivity index (χ2v) is 6.82. The van der Waals surface area contributed by atoms with Gasteiger partial charge in [-0.05, 0) is 17.5 Å². The largest absolute Gasteiger partial charge is 0.478 e. The quantitative estimate of drug-likeness (QED) is 0.917. The van der Waals surface area contributed by atoms with Crippen molar-refractivity contribution in [3.8, 4) is 11.3 Å². The summed E-state index contributed by atoms with van der Waals surface area (Å²) < 4.78 is 5.57. The molecule has 0 amide bonds. The van der Waals surface area contributed by atoms with Gasteiger partial charge in [0.1, 0.15) is 11.1 Å². The van der Waals surface area contributed by atoms with E-state index in [2.05, 4.69) is 25.8 Å². The van der Waals surface area contributed by atoms with Gasteiger partial charge in [-0.2, -0.15) is 0 Å². The molecular weight excluding hydrogens is 286 g/mol. The van der Waals surface area contributed by atoms with E-state index in [9.17, 15) is 4.79 Å². The maximum atomic E-state index is 10.9. The normalized spacial score (nSPS) is 13.1. The molecule has 1 aromatic carbocycles. The minimum atomic E-state index is -0.923. The highest BCUT2D eigenvalue weighted by Gasteiger charge is 2.28. The number of nitrogens with zero attached hydrogens (tertiary/aromatic N) is 1. The SMILES string of the molecule is COC(c1nc(-c2ccc(C(=O)O)cc2)cs1)C(C)(C)C. The summed E-state index contributed by atoms with van der Waals surface area (Å²) in [5, 5.41) is 11.8. The topological polar surface area (TPSA) is 59.4 Å². The lowest BCUT2D eigenvalue weighted by molar-refractivity contribution is 0.0151. The van der Waals surface area contributed by atoms with Gasteiger partial charge in [0.15, 0.2) is 0 Å². The minimum absolute atomic E-state index is 0.0307. The van der Waals surface area contributed by atoms with E-state index in [1.54, 1.807) is 42.7 Å². The molecule has 1 atom stereocenters. The average Bonchev–Trinajstić information content (AvgIpc) is 2.87. The first-order chi connectivity index (χ1) is 9.82. The number of aromatic carboxylic acids is 1. The fraction of sp³-hybridized carbons (Fsp3) is 0.375. The van der Waals surface area contributed by atoms with Crippen LogP contribution in [0, 0.1) is 5.41 Å². The second-order valence-electron chi connectivity index (χ2n) is 5.94. The Hall–Kier alpha value is -1.72. The lowest BCUT2D eigenvalue weighted by Gasteiger charge is -2.27. The third kappa shape index (κ3) is 3.49. The lowest BCUT2D eigenvalue weighted by atomic mass is 9.89. The summed E-state index contributed by atoms with van der Waals surface area (Å²) in [5.74, 6) is -0.923. The third-order valence-electron chi connectivity index (χ3n) is 3.20. The first kappa shape index (κ1) is 15.7. The Bertz CT molecular complexity index is 626. The summed E-state index contributed by atoms with van der Waals surface area (Å²) in [6.45, 7) is 6.34. The van der Waals surface area contributed by atoms with Crippen molar-refractivity contribution in [3.05, 3.63) is 40.2 Å². The minimum Gasteiger partial charge on any atom is -0.478 e. The van der Waals surface area contributed by atoms with E-state index >= 15 is 0 Å². The van der Waals surface area contributed by atoms with Crippen LogP contribution in [0.5, 0.6) is 0 Å². The molecule has 1 heterocycles. The molecular formula is C16H19NO3S. The summed E-state index contributed by atoms with van der Waals surface area (Å²) >= 11 is 1.56. The van der Waals surface area contributed by atoms with Crippen LogP contribution in [0.3, 0.4) is 0 Å². The molecule has 4 nitrogen and oxygen atoms in total. The number of benzene rings is 1. The Morgan fingerprint density at radius 1 is 1.29 bits per heavy atom. The monoisotopic (exact) mass is 305 g/mol. The molecule has 0 aliphatic heterocycles. The van der Waals surface area contributed by atoms with Crippen LogP contribution in [-0.2, 0) is 4.74 Å². The molecule has 0 bridgehead atoms. The zero-order chi connectivity index (χ0) is 15.6. The Morgan fingerprint density at radius 3 is 2.38 bits per heavy atom. The van der Waals surface area contributed by atoms with Gasteiger partial charge in [0, 0.05) is 18.1 Å². The number of rotatable bonds is 4. The summed E-state index contributed by atoms with van der Waals surface area (Å²) in [5.41, 5.74) is 2.00. The Labute approximate surface area is 128 Å². The molecule has 0 aliphatic carbocycles. The van der Waals surface area contributed by atoms with Crippen LogP contribution in [0.25, 0.3) is 11.3 Å². The van der Waals surface area contributed by atoms with Crippen LogP contribution in [-0.4, -0.2) is 23.2 Å². The van der Waals surface area contributed by atoms with Gasteiger partial charge in [0.05, 0.1) is 11.3 Å². The number of thiazole rings is 1. The van der Waals surface area contributed by atoms with E-state index in [0.717, 1.165) is 16.3 Å². The van der Waals surface area contributed by atoms with Crippen molar-refractivity contribution >= 4 is 17.3 Å². The van der Waals surface area contributed by atoms with E-state index in [1.807, 2.05) is 5.38 Å². The van der Waals surface area contributed by atoms with E-state index < -0.39 is 5.97 Å². The third-order valence-corrected chi connectivity index (χ3v) is 4.08. The predicted molar refractivity (Wildman–Crippen MR) is 83.7 cm³/mol. The van der Waals surface area contributed by atoms with Gasteiger partial charge in [0.2, 0.25) is 0 Å². The highest BCUT2D eigenvalue weighted by Crippen LogP contribution is 2.38. The van der Waals surface area contributed by atoms with Crippen molar-refractivity contribution in [2.45, 2.75) is 26.9 Å². The average molecular weight is 305 g/mol.